The Morgan fingerprint density at radius 1 is 0.460 bits per heavy atom. The fourth-order valence-electron chi connectivity index (χ4n) is 4.25. The van der Waals surface area contributed by atoms with Crippen LogP contribution in [0.2, 0.25) is 0 Å². The minimum absolute atomic E-state index is 0.266. The van der Waals surface area contributed by atoms with E-state index in [0.717, 1.165) is 19.6 Å². The van der Waals surface area contributed by atoms with Crippen LogP contribution in [0.15, 0.2) is 153 Å². The summed E-state index contributed by atoms with van der Waals surface area (Å²) >= 11 is 3.16. The van der Waals surface area contributed by atoms with Gasteiger partial charge < -0.3 is 19.7 Å². The average Bonchev–Trinajstić information content (AvgIpc) is 3.15. The van der Waals surface area contributed by atoms with Crippen molar-refractivity contribution in [2.45, 2.75) is 19.6 Å². The number of nitriles is 2. The van der Waals surface area contributed by atoms with Gasteiger partial charge in [-0.2, -0.15) is 10.5 Å². The lowest BCUT2D eigenvalue weighted by Crippen LogP contribution is -1.88. The molecular weight excluding hydrogens is 665 g/mol. The standard InChI is InChI=1S/C28H14N4O2S.C12H10O2S/c1-31-27-14-9-24(16-28(27)32-2)34-22-7-12-26(13-8-22)35-25-10-5-21(6-11-25)33-23-4-3-19(17-29)20(15-23)18-30;13-9-1-5-11(6-2-9)15-12-7-3-10(14)4-8-12/h3-16H;1-8,13-14H. The van der Waals surface area contributed by atoms with Crippen molar-refractivity contribution in [3.8, 4) is 46.6 Å². The predicted octanol–water partition coefficient (Wildman–Crippen LogP) is 11.5. The molecule has 6 rings (SSSR count). The summed E-state index contributed by atoms with van der Waals surface area (Å²) in [7, 11) is 0. The van der Waals surface area contributed by atoms with Crippen molar-refractivity contribution in [2.24, 2.45) is 0 Å². The number of phenols is 2. The van der Waals surface area contributed by atoms with E-state index in [2.05, 4.69) is 9.69 Å². The van der Waals surface area contributed by atoms with Gasteiger partial charge >= 0.3 is 0 Å². The highest BCUT2D eigenvalue weighted by Gasteiger charge is 2.08. The highest BCUT2D eigenvalue weighted by atomic mass is 32.2. The van der Waals surface area contributed by atoms with Gasteiger partial charge in [-0.3, -0.25) is 4.85 Å². The molecule has 0 aromatic heterocycles. The molecule has 0 saturated heterocycles. The normalized spacial score (nSPS) is 9.84. The number of phenolic OH excluding ortho intramolecular Hbond substituents is 2. The van der Waals surface area contributed by atoms with E-state index in [1.807, 2.05) is 84.9 Å². The zero-order valence-electron chi connectivity index (χ0n) is 26.0. The van der Waals surface area contributed by atoms with Crippen LogP contribution in [0, 0.1) is 35.8 Å². The third-order valence-electron chi connectivity index (χ3n) is 6.68. The van der Waals surface area contributed by atoms with E-state index in [1.54, 1.807) is 84.2 Å². The highest BCUT2D eigenvalue weighted by Crippen LogP contribution is 2.36. The minimum Gasteiger partial charge on any atom is -0.508 e. The Balaban J connectivity index is 0.000000269. The Morgan fingerprint density at radius 3 is 1.26 bits per heavy atom. The summed E-state index contributed by atoms with van der Waals surface area (Å²) < 4.78 is 11.6. The smallest absolute Gasteiger partial charge is 0.198 e. The van der Waals surface area contributed by atoms with E-state index in [0.29, 0.717) is 34.2 Å². The summed E-state index contributed by atoms with van der Waals surface area (Å²) in [6, 6.07) is 42.7. The van der Waals surface area contributed by atoms with E-state index >= 15 is 0 Å². The molecule has 0 aliphatic carbocycles. The van der Waals surface area contributed by atoms with Crippen LogP contribution in [-0.2, 0) is 0 Å². The van der Waals surface area contributed by atoms with Gasteiger partial charge in [0, 0.05) is 19.6 Å². The third-order valence-corrected chi connectivity index (χ3v) is 8.71. The van der Waals surface area contributed by atoms with Crippen LogP contribution in [0.4, 0.5) is 11.4 Å². The molecule has 8 nitrogen and oxygen atoms in total. The second kappa shape index (κ2) is 16.8. The first-order valence-corrected chi connectivity index (χ1v) is 16.3. The first kappa shape index (κ1) is 34.5. The predicted molar refractivity (Wildman–Crippen MR) is 192 cm³/mol. The van der Waals surface area contributed by atoms with Crippen molar-refractivity contribution in [3.05, 3.63) is 167 Å². The maximum atomic E-state index is 9.16. The molecule has 0 saturated carbocycles. The lowest BCUT2D eigenvalue weighted by Gasteiger charge is -2.09. The zero-order chi connectivity index (χ0) is 35.3. The van der Waals surface area contributed by atoms with E-state index < -0.39 is 0 Å². The monoisotopic (exact) mass is 688 g/mol. The molecule has 0 amide bonds. The second-order valence-electron chi connectivity index (χ2n) is 10.1. The summed E-state index contributed by atoms with van der Waals surface area (Å²) in [6.45, 7) is 14.3. The van der Waals surface area contributed by atoms with Gasteiger partial charge in [0.15, 0.2) is 11.4 Å². The zero-order valence-corrected chi connectivity index (χ0v) is 27.7. The number of ether oxygens (including phenoxy) is 2. The molecule has 0 aliphatic rings. The summed E-state index contributed by atoms with van der Waals surface area (Å²) in [6.07, 6.45) is 0. The van der Waals surface area contributed by atoms with E-state index in [1.165, 1.54) is 0 Å². The molecule has 0 heterocycles. The number of aromatic hydroxyl groups is 2. The molecular formula is C40H24N4O4S2. The van der Waals surface area contributed by atoms with Crippen molar-refractivity contribution in [1.29, 1.82) is 10.5 Å². The van der Waals surface area contributed by atoms with Crippen LogP contribution in [0.5, 0.6) is 34.5 Å². The topological polar surface area (TPSA) is 115 Å². The number of nitrogens with zero attached hydrogens (tertiary/aromatic N) is 4. The molecule has 2 N–H and O–H groups in total. The molecule has 0 aliphatic heterocycles. The summed E-state index contributed by atoms with van der Waals surface area (Å²) in [5.74, 6) is 2.78. The van der Waals surface area contributed by atoms with Gasteiger partial charge in [-0.1, -0.05) is 29.6 Å². The largest absolute Gasteiger partial charge is 0.508 e. The Morgan fingerprint density at radius 2 is 0.840 bits per heavy atom. The van der Waals surface area contributed by atoms with Crippen molar-refractivity contribution in [2.75, 3.05) is 0 Å². The molecule has 240 valence electrons. The van der Waals surface area contributed by atoms with Gasteiger partial charge in [0.1, 0.15) is 46.6 Å². The Kier molecular flexibility index (Phi) is 11.6. The molecule has 0 spiro atoms. The Labute approximate surface area is 297 Å². The van der Waals surface area contributed by atoms with Gasteiger partial charge in [0.2, 0.25) is 0 Å². The SMILES string of the molecule is Oc1ccc(Sc2ccc(O)cc2)cc1.[C-]#[N+]c1ccc(Oc2ccc(Sc3ccc(Oc4ccc(C#N)c(C#N)c4)cc3)cc2)cc1[N+]#[C-]. The lowest BCUT2D eigenvalue weighted by atomic mass is 10.1. The molecule has 0 unspecified atom stereocenters. The van der Waals surface area contributed by atoms with Gasteiger partial charge in [-0.15, -0.1) is 0 Å². The molecule has 0 bridgehead atoms. The van der Waals surface area contributed by atoms with Crippen molar-refractivity contribution >= 4 is 34.9 Å². The lowest BCUT2D eigenvalue weighted by molar-refractivity contribution is 0.474. The summed E-state index contributed by atoms with van der Waals surface area (Å²) in [4.78, 5) is 10.8. The first-order chi connectivity index (χ1) is 24.3. The first-order valence-electron chi connectivity index (χ1n) is 14.7. The molecule has 10 heteroatoms. The maximum absolute atomic E-state index is 9.16. The van der Waals surface area contributed by atoms with Gasteiger partial charge in [0.05, 0.1) is 24.3 Å². The third kappa shape index (κ3) is 9.61. The summed E-state index contributed by atoms with van der Waals surface area (Å²) in [5.41, 5.74) is 1.16. The molecule has 6 aromatic carbocycles. The van der Waals surface area contributed by atoms with Gasteiger partial charge in [-0.05, 0) is 127 Å². The number of benzene rings is 6. The fraction of sp³-hybridized carbons (Fsp3) is 0. The second-order valence-corrected chi connectivity index (χ2v) is 12.4. The van der Waals surface area contributed by atoms with Crippen LogP contribution in [-0.4, -0.2) is 10.2 Å². The van der Waals surface area contributed by atoms with Crippen LogP contribution in [0.3, 0.4) is 0 Å². The van der Waals surface area contributed by atoms with Gasteiger partial charge in [0.25, 0.3) is 0 Å². The van der Waals surface area contributed by atoms with E-state index in [9.17, 15) is 0 Å². The Bertz CT molecular complexity index is 2100. The van der Waals surface area contributed by atoms with Crippen LogP contribution >= 0.6 is 23.5 Å². The summed E-state index contributed by atoms with van der Waals surface area (Å²) in [5, 5.41) is 36.4. The Hall–Kier alpha value is -6.82. The fourth-order valence-corrected chi connectivity index (χ4v) is 5.88. The van der Waals surface area contributed by atoms with Crippen LogP contribution in [0.1, 0.15) is 11.1 Å². The molecule has 6 aromatic rings. The van der Waals surface area contributed by atoms with Crippen molar-refractivity contribution < 1.29 is 19.7 Å². The maximum Gasteiger partial charge on any atom is 0.198 e. The average molecular weight is 689 g/mol. The molecule has 50 heavy (non-hydrogen) atoms. The van der Waals surface area contributed by atoms with Crippen LogP contribution in [0.25, 0.3) is 9.69 Å². The van der Waals surface area contributed by atoms with Gasteiger partial charge in [-0.25, -0.2) is 4.85 Å². The quantitative estimate of drug-likeness (QED) is 0.152. The number of rotatable bonds is 8. The van der Waals surface area contributed by atoms with Crippen molar-refractivity contribution in [3.63, 3.8) is 0 Å². The van der Waals surface area contributed by atoms with Crippen molar-refractivity contribution in [1.82, 2.24) is 0 Å². The minimum atomic E-state index is 0.266. The van der Waals surface area contributed by atoms with E-state index in [-0.39, 0.29) is 22.7 Å². The number of hydrogen-bond donors (Lipinski definition) is 2. The molecule has 0 fully saturated rings. The molecule has 0 radical (unpaired) electrons. The molecule has 0 atom stereocenters. The van der Waals surface area contributed by atoms with Crippen LogP contribution < -0.4 is 9.47 Å². The number of hydrogen-bond acceptors (Lipinski definition) is 8. The van der Waals surface area contributed by atoms with E-state index in [4.69, 9.17) is 43.4 Å². The highest BCUT2D eigenvalue weighted by molar-refractivity contribution is 7.99.